The van der Waals surface area contributed by atoms with Crippen molar-refractivity contribution in [1.82, 2.24) is 0 Å². The Bertz CT molecular complexity index is 709. The molecule has 2 rings (SSSR count). The average Bonchev–Trinajstić information content (AvgIpc) is 2.45. The molecule has 1 amide bonds. The summed E-state index contributed by atoms with van der Waals surface area (Å²) >= 11 is 0. The van der Waals surface area contributed by atoms with Crippen LogP contribution in [0.25, 0.3) is 6.08 Å². The quantitative estimate of drug-likeness (QED) is 0.669. The summed E-state index contributed by atoms with van der Waals surface area (Å²) < 4.78 is 52.9. The van der Waals surface area contributed by atoms with Gasteiger partial charge < -0.3 is 10.1 Å². The minimum Gasteiger partial charge on any atom is -0.406 e. The van der Waals surface area contributed by atoms with E-state index in [4.69, 9.17) is 0 Å². The van der Waals surface area contributed by atoms with Crippen molar-refractivity contribution < 1.29 is 27.1 Å². The van der Waals surface area contributed by atoms with E-state index in [0.29, 0.717) is 5.56 Å². The van der Waals surface area contributed by atoms with Crippen molar-refractivity contribution in [3.05, 3.63) is 66.0 Å². The molecule has 23 heavy (non-hydrogen) atoms. The van der Waals surface area contributed by atoms with Gasteiger partial charge in [-0.3, -0.25) is 4.79 Å². The maximum atomic E-state index is 12.7. The molecule has 0 aromatic heterocycles. The molecule has 0 aliphatic rings. The first-order valence-corrected chi connectivity index (χ1v) is 6.42. The van der Waals surface area contributed by atoms with Gasteiger partial charge in [0.15, 0.2) is 0 Å². The predicted octanol–water partition coefficient (Wildman–Crippen LogP) is 4.38. The van der Waals surface area contributed by atoms with Gasteiger partial charge in [-0.1, -0.05) is 18.2 Å². The lowest BCUT2D eigenvalue weighted by Crippen LogP contribution is -2.17. The van der Waals surface area contributed by atoms with Gasteiger partial charge >= 0.3 is 6.36 Å². The summed E-state index contributed by atoms with van der Waals surface area (Å²) in [6.45, 7) is 0. The highest BCUT2D eigenvalue weighted by Crippen LogP contribution is 2.25. The van der Waals surface area contributed by atoms with Crippen molar-refractivity contribution in [3.8, 4) is 5.75 Å². The highest BCUT2D eigenvalue weighted by Gasteiger charge is 2.31. The number of carbonyl (C=O) groups is 1. The zero-order valence-corrected chi connectivity index (χ0v) is 11.6. The van der Waals surface area contributed by atoms with E-state index in [1.54, 1.807) is 0 Å². The third-order valence-electron chi connectivity index (χ3n) is 2.63. The Labute approximate surface area is 129 Å². The van der Waals surface area contributed by atoms with Crippen LogP contribution in [-0.4, -0.2) is 12.3 Å². The highest BCUT2D eigenvalue weighted by atomic mass is 19.4. The lowest BCUT2D eigenvalue weighted by molar-refractivity contribution is -0.274. The second-order valence-electron chi connectivity index (χ2n) is 4.45. The number of hydrogen-bond acceptors (Lipinski definition) is 2. The number of alkyl halides is 3. The monoisotopic (exact) mass is 325 g/mol. The average molecular weight is 325 g/mol. The molecule has 2 aromatic rings. The van der Waals surface area contributed by atoms with E-state index >= 15 is 0 Å². The molecule has 0 radical (unpaired) electrons. The molecule has 0 saturated carbocycles. The van der Waals surface area contributed by atoms with Crippen LogP contribution < -0.4 is 10.1 Å². The zero-order valence-electron chi connectivity index (χ0n) is 11.6. The van der Waals surface area contributed by atoms with Gasteiger partial charge in [-0.15, -0.1) is 13.2 Å². The van der Waals surface area contributed by atoms with E-state index in [9.17, 15) is 22.4 Å². The number of rotatable bonds is 4. The topological polar surface area (TPSA) is 38.3 Å². The zero-order chi connectivity index (χ0) is 16.9. The van der Waals surface area contributed by atoms with Crippen LogP contribution in [0.4, 0.5) is 23.2 Å². The fraction of sp³-hybridized carbons (Fsp3) is 0.0625. The first-order chi connectivity index (χ1) is 10.8. The molecule has 0 atom stereocenters. The number of benzene rings is 2. The van der Waals surface area contributed by atoms with Crippen LogP contribution in [0, 0.1) is 5.82 Å². The molecule has 0 unspecified atom stereocenters. The van der Waals surface area contributed by atoms with Crippen LogP contribution in [-0.2, 0) is 4.79 Å². The molecule has 0 fully saturated rings. The highest BCUT2D eigenvalue weighted by molar-refractivity contribution is 6.02. The number of nitrogens with one attached hydrogen (secondary N) is 1. The molecule has 7 heteroatoms. The molecule has 0 aliphatic carbocycles. The number of hydrogen-bond donors (Lipinski definition) is 1. The van der Waals surface area contributed by atoms with E-state index in [0.717, 1.165) is 12.1 Å². The molecular formula is C16H11F4NO2. The summed E-state index contributed by atoms with van der Waals surface area (Å²) in [5, 5.41) is 2.40. The number of anilines is 1. The van der Waals surface area contributed by atoms with E-state index in [1.165, 1.54) is 48.6 Å². The van der Waals surface area contributed by atoms with Gasteiger partial charge in [0.2, 0.25) is 5.91 Å². The third-order valence-corrected chi connectivity index (χ3v) is 2.63. The van der Waals surface area contributed by atoms with Gasteiger partial charge in [-0.25, -0.2) is 4.39 Å². The van der Waals surface area contributed by atoms with Crippen LogP contribution in [0.3, 0.4) is 0 Å². The van der Waals surface area contributed by atoms with Crippen molar-refractivity contribution in [2.75, 3.05) is 5.32 Å². The molecule has 1 N–H and O–H groups in total. The number of halogens is 4. The smallest absolute Gasteiger partial charge is 0.406 e. The molecule has 0 aliphatic heterocycles. The SMILES string of the molecule is O=C(/C=C/c1ccc(F)cc1)Nc1cccc(OC(F)(F)F)c1. The molecule has 2 aromatic carbocycles. The summed E-state index contributed by atoms with van der Waals surface area (Å²) in [7, 11) is 0. The summed E-state index contributed by atoms with van der Waals surface area (Å²) in [6, 6.07) is 10.4. The number of amides is 1. The minimum atomic E-state index is -4.80. The first-order valence-electron chi connectivity index (χ1n) is 6.42. The summed E-state index contributed by atoms with van der Waals surface area (Å²) in [4.78, 5) is 11.7. The van der Waals surface area contributed by atoms with Crippen LogP contribution in [0.1, 0.15) is 5.56 Å². The Morgan fingerprint density at radius 3 is 2.43 bits per heavy atom. The molecule has 0 spiro atoms. The van der Waals surface area contributed by atoms with Crippen molar-refractivity contribution in [2.24, 2.45) is 0 Å². The molecule has 0 heterocycles. The van der Waals surface area contributed by atoms with Gasteiger partial charge in [0.1, 0.15) is 11.6 Å². The van der Waals surface area contributed by atoms with Crippen molar-refractivity contribution in [2.45, 2.75) is 6.36 Å². The van der Waals surface area contributed by atoms with E-state index in [-0.39, 0.29) is 5.69 Å². The summed E-state index contributed by atoms with van der Waals surface area (Å²) in [5.41, 5.74) is 0.760. The Balaban J connectivity index is 2.00. The van der Waals surface area contributed by atoms with E-state index < -0.39 is 23.8 Å². The standard InChI is InChI=1S/C16H11F4NO2/c17-12-7-4-11(5-8-12)6-9-15(22)21-13-2-1-3-14(10-13)23-16(18,19)20/h1-10H,(H,21,22)/b9-6+. The van der Waals surface area contributed by atoms with Gasteiger partial charge in [0, 0.05) is 17.8 Å². The maximum absolute atomic E-state index is 12.7. The largest absolute Gasteiger partial charge is 0.573 e. The molecule has 120 valence electrons. The van der Waals surface area contributed by atoms with Gasteiger partial charge in [-0.05, 0) is 35.9 Å². The lowest BCUT2D eigenvalue weighted by atomic mass is 10.2. The van der Waals surface area contributed by atoms with Crippen molar-refractivity contribution in [1.29, 1.82) is 0 Å². The second-order valence-corrected chi connectivity index (χ2v) is 4.45. The fourth-order valence-electron chi connectivity index (χ4n) is 1.70. The lowest BCUT2D eigenvalue weighted by Gasteiger charge is -2.10. The third kappa shape index (κ3) is 5.82. The Morgan fingerprint density at radius 1 is 1.09 bits per heavy atom. The Morgan fingerprint density at radius 2 is 1.78 bits per heavy atom. The number of ether oxygens (including phenoxy) is 1. The molecule has 3 nitrogen and oxygen atoms in total. The van der Waals surface area contributed by atoms with Crippen LogP contribution in [0.15, 0.2) is 54.6 Å². The van der Waals surface area contributed by atoms with E-state index in [2.05, 4.69) is 10.1 Å². The van der Waals surface area contributed by atoms with Gasteiger partial charge in [-0.2, -0.15) is 0 Å². The van der Waals surface area contributed by atoms with Crippen LogP contribution in [0.2, 0.25) is 0 Å². The fourth-order valence-corrected chi connectivity index (χ4v) is 1.70. The molecule has 0 saturated heterocycles. The predicted molar refractivity (Wildman–Crippen MR) is 77.2 cm³/mol. The first kappa shape index (κ1) is 16.5. The summed E-state index contributed by atoms with van der Waals surface area (Å²) in [5.74, 6) is -1.37. The van der Waals surface area contributed by atoms with Crippen molar-refractivity contribution >= 4 is 17.7 Å². The van der Waals surface area contributed by atoms with Crippen LogP contribution in [0.5, 0.6) is 5.75 Å². The molecule has 0 bridgehead atoms. The van der Waals surface area contributed by atoms with Gasteiger partial charge in [0.05, 0.1) is 0 Å². The van der Waals surface area contributed by atoms with Gasteiger partial charge in [0.25, 0.3) is 0 Å². The minimum absolute atomic E-state index is 0.153. The maximum Gasteiger partial charge on any atom is 0.573 e. The summed E-state index contributed by atoms with van der Waals surface area (Å²) in [6.07, 6.45) is -2.17. The van der Waals surface area contributed by atoms with E-state index in [1.807, 2.05) is 0 Å². The number of carbonyl (C=O) groups excluding carboxylic acids is 1. The van der Waals surface area contributed by atoms with Crippen molar-refractivity contribution in [3.63, 3.8) is 0 Å². The normalized spacial score (nSPS) is 11.5. The molecular weight excluding hydrogens is 314 g/mol. The Kier molecular flexibility index (Phi) is 5.00. The second kappa shape index (κ2) is 6.95. The van der Waals surface area contributed by atoms with Crippen LogP contribution >= 0.6 is 0 Å². The Hall–Kier alpha value is -2.83.